The van der Waals surface area contributed by atoms with Gasteiger partial charge in [0.05, 0.1) is 16.8 Å². The molecule has 2 heterocycles. The molecule has 0 amide bonds. The van der Waals surface area contributed by atoms with E-state index in [4.69, 9.17) is 14.4 Å². The predicted molar refractivity (Wildman–Crippen MR) is 279 cm³/mol. The second kappa shape index (κ2) is 16.2. The van der Waals surface area contributed by atoms with Gasteiger partial charge in [0, 0.05) is 27.5 Å². The summed E-state index contributed by atoms with van der Waals surface area (Å²) < 4.78 is 6.30. The van der Waals surface area contributed by atoms with Gasteiger partial charge in [-0.25, -0.2) is 9.97 Å². The van der Waals surface area contributed by atoms with Crippen LogP contribution in [-0.2, 0) is 5.41 Å². The fourth-order valence-corrected chi connectivity index (χ4v) is 10.7. The fraction of sp³-hybridized carbons (Fsp3) is 0.0154. The van der Waals surface area contributed by atoms with Crippen molar-refractivity contribution in [1.82, 2.24) is 9.97 Å². The number of nitrogens with zero attached hydrogens (tertiary/aromatic N) is 2. The Kier molecular flexibility index (Phi) is 9.40. The number of fused-ring (bicyclic) bond motifs is 6. The summed E-state index contributed by atoms with van der Waals surface area (Å²) >= 11 is 0. The molecule has 0 fully saturated rings. The molecule has 0 spiro atoms. The second-order valence-electron chi connectivity index (χ2n) is 17.6. The Balaban J connectivity index is 1.03. The molecular formula is C65H42N2O. The van der Waals surface area contributed by atoms with Crippen molar-refractivity contribution >= 4 is 21.9 Å². The molecule has 0 bridgehead atoms. The second-order valence-corrected chi connectivity index (χ2v) is 17.6. The van der Waals surface area contributed by atoms with Crippen LogP contribution in [0.4, 0.5) is 0 Å². The molecule has 3 nitrogen and oxygen atoms in total. The molecule has 0 saturated heterocycles. The van der Waals surface area contributed by atoms with Gasteiger partial charge in [0.1, 0.15) is 11.2 Å². The van der Waals surface area contributed by atoms with E-state index in [1.165, 1.54) is 38.9 Å². The first kappa shape index (κ1) is 39.4. The third kappa shape index (κ3) is 6.51. The number of benzene rings is 10. The predicted octanol–water partition coefficient (Wildman–Crippen LogP) is 16.7. The van der Waals surface area contributed by atoms with Gasteiger partial charge in [0.2, 0.25) is 0 Å². The Bertz CT molecular complexity index is 3740. The molecule has 0 aliphatic heterocycles. The molecule has 68 heavy (non-hydrogen) atoms. The van der Waals surface area contributed by atoms with Crippen molar-refractivity contribution in [2.24, 2.45) is 0 Å². The van der Waals surface area contributed by atoms with Crippen molar-refractivity contribution in [2.45, 2.75) is 5.41 Å². The molecule has 0 unspecified atom stereocenters. The number of furan rings is 1. The number of para-hydroxylation sites is 1. The maximum absolute atomic E-state index is 6.30. The highest BCUT2D eigenvalue weighted by molar-refractivity contribution is 6.06. The van der Waals surface area contributed by atoms with Crippen LogP contribution >= 0.6 is 0 Å². The first-order valence-electron chi connectivity index (χ1n) is 23.2. The van der Waals surface area contributed by atoms with E-state index in [9.17, 15) is 0 Å². The van der Waals surface area contributed by atoms with E-state index >= 15 is 0 Å². The molecule has 13 rings (SSSR count). The third-order valence-corrected chi connectivity index (χ3v) is 13.7. The van der Waals surface area contributed by atoms with Gasteiger partial charge in [-0.15, -0.1) is 0 Å². The van der Waals surface area contributed by atoms with Crippen molar-refractivity contribution in [2.75, 3.05) is 0 Å². The van der Waals surface area contributed by atoms with Crippen LogP contribution in [0.2, 0.25) is 0 Å². The molecule has 1 aliphatic carbocycles. The van der Waals surface area contributed by atoms with Crippen molar-refractivity contribution in [3.63, 3.8) is 0 Å². The van der Waals surface area contributed by atoms with Gasteiger partial charge in [-0.2, -0.15) is 0 Å². The van der Waals surface area contributed by atoms with Crippen LogP contribution in [0, 0.1) is 0 Å². The van der Waals surface area contributed by atoms with Gasteiger partial charge in [0.25, 0.3) is 0 Å². The highest BCUT2D eigenvalue weighted by atomic mass is 16.3. The van der Waals surface area contributed by atoms with Gasteiger partial charge in [-0.05, 0) is 115 Å². The first-order chi connectivity index (χ1) is 33.7. The van der Waals surface area contributed by atoms with Gasteiger partial charge in [-0.3, -0.25) is 0 Å². The zero-order chi connectivity index (χ0) is 45.0. The lowest BCUT2D eigenvalue weighted by molar-refractivity contribution is 0.669. The molecule has 0 atom stereocenters. The van der Waals surface area contributed by atoms with E-state index in [2.05, 4.69) is 218 Å². The van der Waals surface area contributed by atoms with E-state index in [0.29, 0.717) is 5.82 Å². The molecule has 3 heteroatoms. The Hall–Kier alpha value is -8.92. The Morgan fingerprint density at radius 1 is 0.294 bits per heavy atom. The van der Waals surface area contributed by atoms with Gasteiger partial charge < -0.3 is 4.42 Å². The van der Waals surface area contributed by atoms with E-state index in [1.54, 1.807) is 0 Å². The van der Waals surface area contributed by atoms with Crippen molar-refractivity contribution < 1.29 is 4.42 Å². The average molecular weight is 867 g/mol. The standard InChI is InChI=1S/C65H42N2O/c1-5-19-43(20-6-1)59-42-60(67-64(66-59)44-21-7-2-8-22-44)50-39-48(38-49(40-50)46-35-36-62-57(41-46)55-30-14-16-34-61(55)68-62)45-23-17-24-47(37-45)53-31-18-32-56-54-29-13-15-33-58(54)65(63(53)56,51-25-9-3-10-26-51)52-27-11-4-12-28-52/h1-42H. The van der Waals surface area contributed by atoms with E-state index < -0.39 is 5.41 Å². The van der Waals surface area contributed by atoms with Crippen molar-refractivity contribution in [3.8, 4) is 78.4 Å². The Morgan fingerprint density at radius 3 is 1.53 bits per heavy atom. The number of rotatable bonds is 8. The third-order valence-electron chi connectivity index (χ3n) is 13.7. The lowest BCUT2D eigenvalue weighted by atomic mass is 9.66. The normalized spacial score (nSPS) is 12.5. The summed E-state index contributed by atoms with van der Waals surface area (Å²) in [7, 11) is 0. The highest BCUT2D eigenvalue weighted by Crippen LogP contribution is 2.58. The maximum atomic E-state index is 6.30. The molecule has 0 radical (unpaired) electrons. The SMILES string of the molecule is c1ccc(-c2cc(-c3cc(-c4cccc(-c5cccc6c5C(c5ccccc5)(c5ccccc5)c5ccccc5-6)c4)cc(-c4ccc5oc6ccccc6c5c4)c3)nc(-c3ccccc3)n2)cc1. The van der Waals surface area contributed by atoms with Crippen molar-refractivity contribution in [3.05, 3.63) is 277 Å². The van der Waals surface area contributed by atoms with Crippen LogP contribution in [0.1, 0.15) is 22.3 Å². The van der Waals surface area contributed by atoms with Crippen LogP contribution in [-0.4, -0.2) is 9.97 Å². The molecule has 318 valence electrons. The lowest BCUT2D eigenvalue weighted by Gasteiger charge is -2.35. The summed E-state index contributed by atoms with van der Waals surface area (Å²) in [6.45, 7) is 0. The van der Waals surface area contributed by atoms with Crippen LogP contribution < -0.4 is 0 Å². The summed E-state index contributed by atoms with van der Waals surface area (Å²) in [6, 6.07) is 91.5. The van der Waals surface area contributed by atoms with E-state index in [1.807, 2.05) is 36.4 Å². The Labute approximate surface area is 395 Å². The summed E-state index contributed by atoms with van der Waals surface area (Å²) in [5.74, 6) is 0.682. The summed E-state index contributed by atoms with van der Waals surface area (Å²) in [6.07, 6.45) is 0. The number of aromatic nitrogens is 2. The molecule has 0 N–H and O–H groups in total. The molecule has 2 aromatic heterocycles. The lowest BCUT2D eigenvalue weighted by Crippen LogP contribution is -2.29. The molecule has 12 aromatic rings. The fourth-order valence-electron chi connectivity index (χ4n) is 10.7. The smallest absolute Gasteiger partial charge is 0.160 e. The minimum atomic E-state index is -0.538. The molecule has 10 aromatic carbocycles. The van der Waals surface area contributed by atoms with Crippen LogP contribution in [0.25, 0.3) is 100 Å². The zero-order valence-corrected chi connectivity index (χ0v) is 37.1. The van der Waals surface area contributed by atoms with Crippen LogP contribution in [0.3, 0.4) is 0 Å². The highest BCUT2D eigenvalue weighted by Gasteiger charge is 2.47. The zero-order valence-electron chi connectivity index (χ0n) is 37.1. The summed E-state index contributed by atoms with van der Waals surface area (Å²) in [5, 5.41) is 2.19. The van der Waals surface area contributed by atoms with Gasteiger partial charge >= 0.3 is 0 Å². The largest absolute Gasteiger partial charge is 0.456 e. The summed E-state index contributed by atoms with van der Waals surface area (Å²) in [4.78, 5) is 10.5. The summed E-state index contributed by atoms with van der Waals surface area (Å²) in [5.41, 5.74) is 20.3. The average Bonchev–Trinajstić information content (AvgIpc) is 3.95. The Morgan fingerprint density at radius 2 is 0.794 bits per heavy atom. The van der Waals surface area contributed by atoms with Crippen LogP contribution in [0.5, 0.6) is 0 Å². The van der Waals surface area contributed by atoms with Gasteiger partial charge in [0.15, 0.2) is 5.82 Å². The first-order valence-corrected chi connectivity index (χ1v) is 23.2. The maximum Gasteiger partial charge on any atom is 0.160 e. The van der Waals surface area contributed by atoms with Crippen LogP contribution in [0.15, 0.2) is 259 Å². The monoisotopic (exact) mass is 866 g/mol. The minimum Gasteiger partial charge on any atom is -0.456 e. The van der Waals surface area contributed by atoms with E-state index in [0.717, 1.165) is 77.8 Å². The minimum absolute atomic E-state index is 0.538. The molecule has 1 aliphatic rings. The van der Waals surface area contributed by atoms with Gasteiger partial charge in [-0.1, -0.05) is 206 Å². The quantitative estimate of drug-likeness (QED) is 0.153. The number of hydrogen-bond donors (Lipinski definition) is 0. The molecule has 0 saturated carbocycles. The van der Waals surface area contributed by atoms with Crippen molar-refractivity contribution in [1.29, 1.82) is 0 Å². The topological polar surface area (TPSA) is 38.9 Å². The molecular weight excluding hydrogens is 825 g/mol. The van der Waals surface area contributed by atoms with E-state index in [-0.39, 0.29) is 0 Å². The number of hydrogen-bond acceptors (Lipinski definition) is 3.